The van der Waals surface area contributed by atoms with Crippen LogP contribution in [0.5, 0.6) is 0 Å². The van der Waals surface area contributed by atoms with Gasteiger partial charge in [0.1, 0.15) is 5.25 Å². The van der Waals surface area contributed by atoms with E-state index in [1.54, 1.807) is 30.3 Å². The van der Waals surface area contributed by atoms with Crippen molar-refractivity contribution in [2.45, 2.75) is 11.7 Å². The van der Waals surface area contributed by atoms with Crippen molar-refractivity contribution in [3.8, 4) is 0 Å². The predicted molar refractivity (Wildman–Crippen MR) is 55.8 cm³/mol. The Morgan fingerprint density at radius 1 is 1.29 bits per heavy atom. The fraction of sp³-hybridized carbons (Fsp3) is 0.200. The minimum atomic E-state index is -1.07. The molecule has 1 N–H and O–H groups in total. The summed E-state index contributed by atoms with van der Waals surface area (Å²) in [6.45, 7) is 0. The number of ketones is 1. The van der Waals surface area contributed by atoms with Gasteiger partial charge in [0.2, 0.25) is 0 Å². The maximum atomic E-state index is 11.4. The van der Waals surface area contributed by atoms with Crippen molar-refractivity contribution in [3.05, 3.63) is 35.9 Å². The summed E-state index contributed by atoms with van der Waals surface area (Å²) < 4.78 is 0. The Morgan fingerprint density at radius 2 is 1.86 bits per heavy atom. The summed E-state index contributed by atoms with van der Waals surface area (Å²) in [6.07, 6.45) is -0.0809. The van der Waals surface area contributed by atoms with Crippen molar-refractivity contribution < 1.29 is 14.7 Å². The number of benzene rings is 1. The van der Waals surface area contributed by atoms with E-state index in [9.17, 15) is 9.59 Å². The Kier molecular flexibility index (Phi) is 3.71. The molecule has 0 aromatic heterocycles. The van der Waals surface area contributed by atoms with E-state index in [1.165, 1.54) is 0 Å². The number of hydrogen-bond acceptors (Lipinski definition) is 3. The molecule has 0 amide bonds. The van der Waals surface area contributed by atoms with Crippen molar-refractivity contribution in [3.63, 3.8) is 0 Å². The predicted octanol–water partition coefficient (Wildman–Crippen LogP) is 1.64. The van der Waals surface area contributed by atoms with Crippen LogP contribution < -0.4 is 0 Å². The molecular formula is C10H10O3S. The van der Waals surface area contributed by atoms with Crippen LogP contribution in [0.1, 0.15) is 16.8 Å². The Bertz CT molecular complexity index is 334. The van der Waals surface area contributed by atoms with Gasteiger partial charge in [-0.1, -0.05) is 30.3 Å². The van der Waals surface area contributed by atoms with Crippen LogP contribution in [-0.2, 0) is 4.79 Å². The largest absolute Gasteiger partial charge is 0.480 e. The Balaban J connectivity index is 2.64. The molecule has 1 aromatic carbocycles. The van der Waals surface area contributed by atoms with Gasteiger partial charge in [0, 0.05) is 12.0 Å². The molecule has 1 atom stereocenters. The molecule has 0 saturated carbocycles. The third-order valence-electron chi connectivity index (χ3n) is 1.76. The zero-order chi connectivity index (χ0) is 10.6. The fourth-order valence-corrected chi connectivity index (χ4v) is 1.17. The van der Waals surface area contributed by atoms with Crippen LogP contribution in [-0.4, -0.2) is 22.1 Å². The molecule has 0 fully saturated rings. The van der Waals surface area contributed by atoms with Gasteiger partial charge in [0.05, 0.1) is 0 Å². The van der Waals surface area contributed by atoms with Gasteiger partial charge in [-0.05, 0) is 0 Å². The van der Waals surface area contributed by atoms with Gasteiger partial charge in [-0.3, -0.25) is 9.59 Å². The lowest BCUT2D eigenvalue weighted by molar-refractivity contribution is -0.136. The number of rotatable bonds is 4. The molecule has 3 nitrogen and oxygen atoms in total. The third-order valence-corrected chi connectivity index (χ3v) is 2.16. The SMILES string of the molecule is O=C(CC(S)C(=O)O)c1ccccc1. The van der Waals surface area contributed by atoms with E-state index in [4.69, 9.17) is 5.11 Å². The Hall–Kier alpha value is -1.29. The third kappa shape index (κ3) is 2.88. The van der Waals surface area contributed by atoms with Gasteiger partial charge < -0.3 is 5.11 Å². The summed E-state index contributed by atoms with van der Waals surface area (Å²) in [7, 11) is 0. The number of hydrogen-bond donors (Lipinski definition) is 2. The van der Waals surface area contributed by atoms with Crippen molar-refractivity contribution in [1.82, 2.24) is 0 Å². The molecule has 0 aliphatic carbocycles. The summed E-state index contributed by atoms with van der Waals surface area (Å²) in [5.74, 6) is -1.27. The van der Waals surface area contributed by atoms with Gasteiger partial charge in [-0.15, -0.1) is 0 Å². The van der Waals surface area contributed by atoms with E-state index in [-0.39, 0.29) is 12.2 Å². The number of carbonyl (C=O) groups excluding carboxylic acids is 1. The van der Waals surface area contributed by atoms with Gasteiger partial charge in [0.15, 0.2) is 5.78 Å². The molecule has 0 aliphatic rings. The summed E-state index contributed by atoms with van der Waals surface area (Å²) in [5, 5.41) is 7.62. The highest BCUT2D eigenvalue weighted by molar-refractivity contribution is 7.81. The Labute approximate surface area is 87.2 Å². The highest BCUT2D eigenvalue weighted by Crippen LogP contribution is 2.09. The second-order valence-electron chi connectivity index (χ2n) is 2.85. The van der Waals surface area contributed by atoms with Gasteiger partial charge in [-0.2, -0.15) is 12.6 Å². The molecule has 4 heteroatoms. The van der Waals surface area contributed by atoms with E-state index in [0.29, 0.717) is 5.56 Å². The summed E-state index contributed by atoms with van der Waals surface area (Å²) in [6, 6.07) is 8.59. The number of carboxylic acids is 1. The topological polar surface area (TPSA) is 54.4 Å². The quantitative estimate of drug-likeness (QED) is 0.586. The van der Waals surface area contributed by atoms with E-state index in [1.807, 2.05) is 0 Å². The van der Waals surface area contributed by atoms with Crippen LogP contribution in [0.15, 0.2) is 30.3 Å². The average Bonchev–Trinajstić information content (AvgIpc) is 2.19. The molecular weight excluding hydrogens is 200 g/mol. The van der Waals surface area contributed by atoms with E-state index in [0.717, 1.165) is 0 Å². The molecule has 74 valence electrons. The summed E-state index contributed by atoms with van der Waals surface area (Å²) in [5.41, 5.74) is 0.521. The van der Waals surface area contributed by atoms with Gasteiger partial charge in [-0.25, -0.2) is 0 Å². The lowest BCUT2D eigenvalue weighted by Gasteiger charge is -2.03. The molecule has 0 spiro atoms. The molecule has 0 bridgehead atoms. The van der Waals surface area contributed by atoms with E-state index < -0.39 is 11.2 Å². The lowest BCUT2D eigenvalue weighted by Crippen LogP contribution is -2.17. The van der Waals surface area contributed by atoms with Crippen LogP contribution in [0.2, 0.25) is 0 Å². The molecule has 1 aromatic rings. The van der Waals surface area contributed by atoms with Crippen molar-refractivity contribution in [2.75, 3.05) is 0 Å². The number of carbonyl (C=O) groups is 2. The summed E-state index contributed by atoms with van der Waals surface area (Å²) >= 11 is 3.79. The van der Waals surface area contributed by atoms with Gasteiger partial charge >= 0.3 is 5.97 Å². The van der Waals surface area contributed by atoms with Crippen molar-refractivity contribution in [2.24, 2.45) is 0 Å². The molecule has 0 saturated heterocycles. The van der Waals surface area contributed by atoms with Crippen LogP contribution in [0.3, 0.4) is 0 Å². The van der Waals surface area contributed by atoms with Crippen LogP contribution in [0.25, 0.3) is 0 Å². The first-order valence-electron chi connectivity index (χ1n) is 4.10. The number of aliphatic carboxylic acids is 1. The highest BCUT2D eigenvalue weighted by atomic mass is 32.1. The minimum absolute atomic E-state index is 0.0809. The normalized spacial score (nSPS) is 12.1. The second-order valence-corrected chi connectivity index (χ2v) is 3.47. The molecule has 0 aliphatic heterocycles. The highest BCUT2D eigenvalue weighted by Gasteiger charge is 2.17. The first kappa shape index (κ1) is 10.8. The number of Topliss-reactive ketones (excluding diaryl/α,β-unsaturated/α-hetero) is 1. The Morgan fingerprint density at radius 3 is 2.36 bits per heavy atom. The molecule has 0 heterocycles. The average molecular weight is 210 g/mol. The smallest absolute Gasteiger partial charge is 0.316 e. The zero-order valence-electron chi connectivity index (χ0n) is 7.38. The lowest BCUT2D eigenvalue weighted by atomic mass is 10.1. The standard InChI is InChI=1S/C10H10O3S/c11-8(6-9(14)10(12)13)7-4-2-1-3-5-7/h1-5,9,14H,6H2,(H,12,13). The molecule has 14 heavy (non-hydrogen) atoms. The second kappa shape index (κ2) is 4.81. The first-order valence-corrected chi connectivity index (χ1v) is 4.62. The summed E-state index contributed by atoms with van der Waals surface area (Å²) in [4.78, 5) is 21.9. The maximum absolute atomic E-state index is 11.4. The molecule has 0 radical (unpaired) electrons. The van der Waals surface area contributed by atoms with Gasteiger partial charge in [0.25, 0.3) is 0 Å². The van der Waals surface area contributed by atoms with Crippen LogP contribution >= 0.6 is 12.6 Å². The first-order chi connectivity index (χ1) is 6.61. The number of carboxylic acid groups (broad SMARTS) is 1. The van der Waals surface area contributed by atoms with E-state index >= 15 is 0 Å². The zero-order valence-corrected chi connectivity index (χ0v) is 8.28. The van der Waals surface area contributed by atoms with Crippen LogP contribution in [0, 0.1) is 0 Å². The maximum Gasteiger partial charge on any atom is 0.316 e. The fourth-order valence-electron chi connectivity index (χ4n) is 1.00. The molecule has 1 unspecified atom stereocenters. The monoisotopic (exact) mass is 210 g/mol. The van der Waals surface area contributed by atoms with Crippen LogP contribution in [0.4, 0.5) is 0 Å². The van der Waals surface area contributed by atoms with E-state index in [2.05, 4.69) is 12.6 Å². The number of thiol groups is 1. The van der Waals surface area contributed by atoms with Crippen molar-refractivity contribution >= 4 is 24.4 Å². The molecule has 1 rings (SSSR count). The minimum Gasteiger partial charge on any atom is -0.480 e. The van der Waals surface area contributed by atoms with Crippen molar-refractivity contribution in [1.29, 1.82) is 0 Å².